The number of nitrogens with one attached hydrogen (secondary N) is 1. The Morgan fingerprint density at radius 1 is 1.00 bits per heavy atom. The molecule has 0 saturated carbocycles. The number of carbonyl (C=O) groups is 1. The summed E-state index contributed by atoms with van der Waals surface area (Å²) < 4.78 is 22.2. The SMILES string of the molecule is COc1cccc(NC(=O)[C@@H]2Oc3c(c(=O)oc4ccccc34)[C@@H]2c2ccc(O)c(OC)c2)c1. The summed E-state index contributed by atoms with van der Waals surface area (Å²) in [6.07, 6.45) is -1.08. The first kappa shape index (κ1) is 21.4. The Labute approximate surface area is 194 Å². The number of fused-ring (bicyclic) bond motifs is 3. The van der Waals surface area contributed by atoms with Gasteiger partial charge in [0.05, 0.1) is 31.1 Å². The van der Waals surface area contributed by atoms with Crippen LogP contribution in [0.3, 0.4) is 0 Å². The van der Waals surface area contributed by atoms with E-state index in [4.69, 9.17) is 18.6 Å². The topological polar surface area (TPSA) is 107 Å². The number of benzene rings is 3. The Hall–Kier alpha value is -4.46. The van der Waals surface area contributed by atoms with Crippen molar-refractivity contribution in [1.82, 2.24) is 0 Å². The summed E-state index contributed by atoms with van der Waals surface area (Å²) in [5, 5.41) is 13.5. The van der Waals surface area contributed by atoms with Crippen molar-refractivity contribution in [2.24, 2.45) is 0 Å². The number of rotatable bonds is 5. The number of ether oxygens (including phenoxy) is 3. The molecule has 0 fully saturated rings. The van der Waals surface area contributed by atoms with Crippen LogP contribution in [0, 0.1) is 0 Å². The van der Waals surface area contributed by atoms with Gasteiger partial charge >= 0.3 is 5.63 Å². The van der Waals surface area contributed by atoms with Crippen LogP contribution < -0.4 is 25.2 Å². The summed E-state index contributed by atoms with van der Waals surface area (Å²) in [4.78, 5) is 26.5. The summed E-state index contributed by atoms with van der Waals surface area (Å²) >= 11 is 0. The third-order valence-corrected chi connectivity index (χ3v) is 5.82. The largest absolute Gasteiger partial charge is 0.504 e. The molecular weight excluding hydrogens is 438 g/mol. The van der Waals surface area contributed by atoms with Gasteiger partial charge in [-0.2, -0.15) is 0 Å². The first-order chi connectivity index (χ1) is 16.5. The number of carbonyl (C=O) groups excluding carboxylic acids is 1. The van der Waals surface area contributed by atoms with Gasteiger partial charge in [0.15, 0.2) is 17.6 Å². The molecule has 2 atom stereocenters. The minimum absolute atomic E-state index is 0.0617. The number of methoxy groups -OCH3 is 2. The van der Waals surface area contributed by atoms with E-state index in [-0.39, 0.29) is 17.1 Å². The van der Waals surface area contributed by atoms with E-state index in [0.717, 1.165) is 0 Å². The molecule has 1 amide bonds. The van der Waals surface area contributed by atoms with E-state index in [0.29, 0.717) is 33.7 Å². The van der Waals surface area contributed by atoms with Gasteiger partial charge in [-0.05, 0) is 42.0 Å². The van der Waals surface area contributed by atoms with Gasteiger partial charge in [-0.15, -0.1) is 0 Å². The highest BCUT2D eigenvalue weighted by molar-refractivity contribution is 5.97. The number of phenolic OH excluding ortho intramolecular Hbond substituents is 1. The lowest BCUT2D eigenvalue weighted by molar-refractivity contribution is -0.122. The number of para-hydroxylation sites is 1. The maximum Gasteiger partial charge on any atom is 0.344 e. The van der Waals surface area contributed by atoms with E-state index < -0.39 is 23.6 Å². The van der Waals surface area contributed by atoms with E-state index in [2.05, 4.69) is 5.32 Å². The monoisotopic (exact) mass is 459 g/mol. The highest BCUT2D eigenvalue weighted by atomic mass is 16.5. The van der Waals surface area contributed by atoms with E-state index in [1.807, 2.05) is 0 Å². The van der Waals surface area contributed by atoms with Crippen LogP contribution in [0.2, 0.25) is 0 Å². The molecular formula is C26H21NO7. The van der Waals surface area contributed by atoms with Gasteiger partial charge in [0, 0.05) is 11.8 Å². The molecule has 0 spiro atoms. The molecule has 0 saturated heterocycles. The van der Waals surface area contributed by atoms with Crippen LogP contribution in [0.15, 0.2) is 75.9 Å². The lowest BCUT2D eigenvalue weighted by Crippen LogP contribution is -2.35. The summed E-state index contributed by atoms with van der Waals surface area (Å²) in [5.74, 6) is -0.216. The molecule has 2 heterocycles. The number of phenols is 1. The molecule has 1 aliphatic heterocycles. The minimum atomic E-state index is -1.08. The second-order valence-corrected chi connectivity index (χ2v) is 7.80. The molecule has 2 N–H and O–H groups in total. The van der Waals surface area contributed by atoms with Crippen molar-refractivity contribution in [3.05, 3.63) is 88.3 Å². The number of hydrogen-bond donors (Lipinski definition) is 2. The van der Waals surface area contributed by atoms with Crippen molar-refractivity contribution in [3.8, 4) is 23.0 Å². The highest BCUT2D eigenvalue weighted by Gasteiger charge is 2.44. The molecule has 8 nitrogen and oxygen atoms in total. The second kappa shape index (κ2) is 8.47. The van der Waals surface area contributed by atoms with E-state index >= 15 is 0 Å². The lowest BCUT2D eigenvalue weighted by Gasteiger charge is -2.19. The zero-order valence-electron chi connectivity index (χ0n) is 18.4. The molecule has 5 rings (SSSR count). The van der Waals surface area contributed by atoms with E-state index in [9.17, 15) is 14.7 Å². The van der Waals surface area contributed by atoms with E-state index in [1.165, 1.54) is 20.3 Å². The summed E-state index contributed by atoms with van der Waals surface area (Å²) in [6, 6.07) is 18.6. The number of amides is 1. The molecule has 1 aliphatic rings. The van der Waals surface area contributed by atoms with Gasteiger partial charge in [0.25, 0.3) is 5.91 Å². The van der Waals surface area contributed by atoms with Gasteiger partial charge in [-0.3, -0.25) is 4.79 Å². The van der Waals surface area contributed by atoms with Gasteiger partial charge in [-0.1, -0.05) is 24.3 Å². The number of anilines is 1. The molecule has 0 aliphatic carbocycles. The number of hydrogen-bond acceptors (Lipinski definition) is 7. The van der Waals surface area contributed by atoms with Crippen molar-refractivity contribution >= 4 is 22.6 Å². The minimum Gasteiger partial charge on any atom is -0.504 e. The van der Waals surface area contributed by atoms with Crippen LogP contribution in [0.25, 0.3) is 11.0 Å². The zero-order valence-corrected chi connectivity index (χ0v) is 18.4. The van der Waals surface area contributed by atoms with Crippen LogP contribution >= 0.6 is 0 Å². The van der Waals surface area contributed by atoms with Crippen molar-refractivity contribution < 1.29 is 28.5 Å². The predicted octanol–water partition coefficient (Wildman–Crippen LogP) is 4.05. The van der Waals surface area contributed by atoms with E-state index in [1.54, 1.807) is 60.7 Å². The van der Waals surface area contributed by atoms with Gasteiger partial charge in [0.2, 0.25) is 0 Å². The average Bonchev–Trinajstić information content (AvgIpc) is 3.26. The summed E-state index contributed by atoms with van der Waals surface area (Å²) in [6.45, 7) is 0. The molecule has 172 valence electrons. The van der Waals surface area contributed by atoms with Crippen LogP contribution in [0.1, 0.15) is 17.0 Å². The standard InChI is InChI=1S/C26H21NO7/c1-31-16-7-5-6-15(13-16)27-25(29)24-21(14-10-11-18(28)20(12-14)32-2)22-23(34-24)17-8-3-4-9-19(17)33-26(22)30/h3-13,21,24,28H,1-2H3,(H,27,29)/t21-,24+/m0/s1. The van der Waals surface area contributed by atoms with Crippen molar-refractivity contribution in [2.75, 3.05) is 19.5 Å². The third kappa shape index (κ3) is 3.59. The Morgan fingerprint density at radius 3 is 2.62 bits per heavy atom. The predicted molar refractivity (Wildman–Crippen MR) is 125 cm³/mol. The first-order valence-electron chi connectivity index (χ1n) is 10.5. The Kier molecular flexibility index (Phi) is 5.33. The third-order valence-electron chi connectivity index (χ3n) is 5.82. The quantitative estimate of drug-likeness (QED) is 0.434. The normalized spacial score (nSPS) is 16.5. The first-order valence-corrected chi connectivity index (χ1v) is 10.5. The van der Waals surface area contributed by atoms with Gasteiger partial charge < -0.3 is 29.1 Å². The Balaban J connectivity index is 1.64. The average molecular weight is 459 g/mol. The molecule has 0 bridgehead atoms. The molecule has 0 radical (unpaired) electrons. The zero-order chi connectivity index (χ0) is 23.8. The maximum atomic E-state index is 13.4. The van der Waals surface area contributed by atoms with Crippen molar-refractivity contribution in [3.63, 3.8) is 0 Å². The molecule has 34 heavy (non-hydrogen) atoms. The Bertz CT molecular complexity index is 1460. The molecule has 1 aromatic heterocycles. The second-order valence-electron chi connectivity index (χ2n) is 7.80. The van der Waals surface area contributed by atoms with Crippen LogP contribution in [0.4, 0.5) is 5.69 Å². The molecule has 0 unspecified atom stereocenters. The molecule has 3 aromatic carbocycles. The highest BCUT2D eigenvalue weighted by Crippen LogP contribution is 2.45. The lowest BCUT2D eigenvalue weighted by atomic mass is 9.88. The van der Waals surface area contributed by atoms with Crippen molar-refractivity contribution in [1.29, 1.82) is 0 Å². The fourth-order valence-electron chi connectivity index (χ4n) is 4.23. The van der Waals surface area contributed by atoms with Gasteiger partial charge in [0.1, 0.15) is 17.1 Å². The smallest absolute Gasteiger partial charge is 0.344 e. The molecule has 4 aromatic rings. The Morgan fingerprint density at radius 2 is 1.82 bits per heavy atom. The molecule has 8 heteroatoms. The summed E-state index contributed by atoms with van der Waals surface area (Å²) in [5.41, 5.74) is 1.08. The fraction of sp³-hybridized carbons (Fsp3) is 0.154. The van der Waals surface area contributed by atoms with Crippen LogP contribution in [-0.2, 0) is 4.79 Å². The summed E-state index contributed by atoms with van der Waals surface area (Å²) in [7, 11) is 2.96. The van der Waals surface area contributed by atoms with Gasteiger partial charge in [-0.25, -0.2) is 4.79 Å². The maximum absolute atomic E-state index is 13.4. The van der Waals surface area contributed by atoms with Crippen molar-refractivity contribution in [2.45, 2.75) is 12.0 Å². The fourth-order valence-corrected chi connectivity index (χ4v) is 4.23. The number of aromatic hydroxyl groups is 1. The van der Waals surface area contributed by atoms with Crippen LogP contribution in [-0.4, -0.2) is 31.3 Å². The van der Waals surface area contributed by atoms with Crippen LogP contribution in [0.5, 0.6) is 23.0 Å².